The first kappa shape index (κ1) is 14.5. The molecule has 1 rings (SSSR count). The summed E-state index contributed by atoms with van der Waals surface area (Å²) in [4.78, 5) is 22.4. The number of amides is 1. The lowest BCUT2D eigenvalue weighted by molar-refractivity contribution is -0.116. The molecule has 0 spiro atoms. The van der Waals surface area contributed by atoms with Gasteiger partial charge in [0.25, 0.3) is 0 Å². The lowest BCUT2D eigenvalue weighted by Crippen LogP contribution is -2.13. The van der Waals surface area contributed by atoms with Gasteiger partial charge >= 0.3 is 5.97 Å². The third-order valence-electron chi connectivity index (χ3n) is 2.44. The third kappa shape index (κ3) is 4.37. The van der Waals surface area contributed by atoms with Crippen molar-refractivity contribution >= 4 is 29.2 Å². The Bertz CT molecular complexity index is 458. The van der Waals surface area contributed by atoms with Gasteiger partial charge in [-0.3, -0.25) is 4.79 Å². The number of carbonyl (C=O) groups excluding carboxylic acids is 1. The van der Waals surface area contributed by atoms with Gasteiger partial charge in [-0.15, -0.1) is 0 Å². The summed E-state index contributed by atoms with van der Waals surface area (Å²) >= 11 is 5.90. The second kappa shape index (κ2) is 6.40. The van der Waals surface area contributed by atoms with E-state index in [4.69, 9.17) is 16.7 Å². The van der Waals surface area contributed by atoms with Gasteiger partial charge in [0.05, 0.1) is 16.3 Å². The Hall–Kier alpha value is -1.55. The molecule has 1 amide bonds. The Kier molecular flexibility index (Phi) is 5.16. The van der Waals surface area contributed by atoms with Crippen molar-refractivity contribution in [2.75, 3.05) is 5.32 Å². The van der Waals surface area contributed by atoms with E-state index in [9.17, 15) is 9.59 Å². The zero-order valence-corrected chi connectivity index (χ0v) is 11.1. The van der Waals surface area contributed by atoms with Crippen LogP contribution < -0.4 is 5.32 Å². The van der Waals surface area contributed by atoms with Crippen molar-refractivity contribution in [3.05, 3.63) is 28.8 Å². The highest BCUT2D eigenvalue weighted by atomic mass is 35.5. The van der Waals surface area contributed by atoms with Crippen LogP contribution in [0.5, 0.6) is 0 Å². The maximum atomic E-state index is 11.6. The number of rotatable bonds is 5. The largest absolute Gasteiger partial charge is 0.478 e. The maximum Gasteiger partial charge on any atom is 0.335 e. The minimum Gasteiger partial charge on any atom is -0.478 e. The predicted molar refractivity (Wildman–Crippen MR) is 71.1 cm³/mol. The molecule has 2 N–H and O–H groups in total. The van der Waals surface area contributed by atoms with Crippen molar-refractivity contribution < 1.29 is 14.7 Å². The summed E-state index contributed by atoms with van der Waals surface area (Å²) in [7, 11) is 0. The number of carboxylic acid groups (broad SMARTS) is 1. The minimum absolute atomic E-state index is 0.0959. The normalized spacial score (nSPS) is 10.4. The number of carboxylic acids is 1. The molecule has 0 aliphatic heterocycles. The lowest BCUT2D eigenvalue weighted by Gasteiger charge is -2.09. The fraction of sp³-hybridized carbons (Fsp3) is 0.385. The van der Waals surface area contributed by atoms with E-state index in [1.807, 2.05) is 13.8 Å². The van der Waals surface area contributed by atoms with Gasteiger partial charge in [0.15, 0.2) is 0 Å². The van der Waals surface area contributed by atoms with Crippen LogP contribution in [-0.2, 0) is 4.79 Å². The number of benzene rings is 1. The van der Waals surface area contributed by atoms with E-state index in [0.717, 1.165) is 6.42 Å². The Labute approximate surface area is 111 Å². The Balaban J connectivity index is 2.74. The zero-order valence-electron chi connectivity index (χ0n) is 10.4. The van der Waals surface area contributed by atoms with Crippen LogP contribution in [0.2, 0.25) is 5.02 Å². The number of hydrogen-bond donors (Lipinski definition) is 2. The van der Waals surface area contributed by atoms with Crippen LogP contribution in [0.1, 0.15) is 37.0 Å². The summed E-state index contributed by atoms with van der Waals surface area (Å²) in [6.07, 6.45) is 1.17. The molecule has 0 saturated carbocycles. The van der Waals surface area contributed by atoms with Crippen LogP contribution in [0.4, 0.5) is 5.69 Å². The summed E-state index contributed by atoms with van der Waals surface area (Å²) in [5.41, 5.74) is 0.434. The maximum absolute atomic E-state index is 11.6. The number of halogens is 1. The smallest absolute Gasteiger partial charge is 0.335 e. The number of aromatic carboxylic acids is 1. The molecular formula is C13H16ClNO3. The molecular weight excluding hydrogens is 254 g/mol. The minimum atomic E-state index is -1.05. The molecule has 1 aromatic rings. The average Bonchev–Trinajstić information content (AvgIpc) is 2.29. The summed E-state index contributed by atoms with van der Waals surface area (Å²) in [5, 5.41) is 11.8. The molecule has 0 aromatic heterocycles. The molecule has 0 saturated heterocycles. The predicted octanol–water partition coefficient (Wildman–Crippen LogP) is 3.41. The van der Waals surface area contributed by atoms with Gasteiger partial charge in [-0.1, -0.05) is 25.4 Å². The Morgan fingerprint density at radius 1 is 1.39 bits per heavy atom. The molecule has 1 aromatic carbocycles. The zero-order chi connectivity index (χ0) is 13.7. The second-order valence-corrected chi connectivity index (χ2v) is 4.89. The molecule has 0 unspecified atom stereocenters. The first-order valence-electron chi connectivity index (χ1n) is 5.73. The molecule has 4 nitrogen and oxygen atoms in total. The summed E-state index contributed by atoms with van der Waals surface area (Å²) in [5.74, 6) is -0.769. The van der Waals surface area contributed by atoms with E-state index >= 15 is 0 Å². The second-order valence-electron chi connectivity index (χ2n) is 4.48. The third-order valence-corrected chi connectivity index (χ3v) is 2.77. The fourth-order valence-electron chi connectivity index (χ4n) is 1.39. The highest BCUT2D eigenvalue weighted by molar-refractivity contribution is 6.33. The van der Waals surface area contributed by atoms with Gasteiger partial charge in [-0.2, -0.15) is 0 Å². The van der Waals surface area contributed by atoms with Gasteiger partial charge in [0.1, 0.15) is 0 Å². The SMILES string of the molecule is CC(C)CCC(=O)Nc1cc(C(=O)O)ccc1Cl. The molecule has 0 radical (unpaired) electrons. The van der Waals surface area contributed by atoms with Crippen LogP contribution in [0.15, 0.2) is 18.2 Å². The highest BCUT2D eigenvalue weighted by Crippen LogP contribution is 2.23. The first-order valence-corrected chi connectivity index (χ1v) is 6.10. The van der Waals surface area contributed by atoms with Crippen molar-refractivity contribution in [3.8, 4) is 0 Å². The Morgan fingerprint density at radius 3 is 2.61 bits per heavy atom. The van der Waals surface area contributed by atoms with E-state index in [1.165, 1.54) is 18.2 Å². The quantitative estimate of drug-likeness (QED) is 0.861. The highest BCUT2D eigenvalue weighted by Gasteiger charge is 2.10. The van der Waals surface area contributed by atoms with Crippen LogP contribution in [0.25, 0.3) is 0 Å². The molecule has 0 aliphatic carbocycles. The van der Waals surface area contributed by atoms with E-state index in [1.54, 1.807) is 0 Å². The first-order chi connectivity index (χ1) is 8.40. The summed E-state index contributed by atoms with van der Waals surface area (Å²) in [6.45, 7) is 4.07. The standard InChI is InChI=1S/C13H16ClNO3/c1-8(2)3-6-12(16)15-11-7-9(13(17)18)4-5-10(11)14/h4-5,7-8H,3,6H2,1-2H3,(H,15,16)(H,17,18). The number of anilines is 1. The molecule has 0 aliphatic rings. The van der Waals surface area contributed by atoms with Gasteiger partial charge < -0.3 is 10.4 Å². The molecule has 0 bridgehead atoms. The van der Waals surface area contributed by atoms with E-state index < -0.39 is 5.97 Å². The van der Waals surface area contributed by atoms with E-state index in [2.05, 4.69) is 5.32 Å². The van der Waals surface area contributed by atoms with Crippen LogP contribution in [-0.4, -0.2) is 17.0 Å². The average molecular weight is 270 g/mol. The van der Waals surface area contributed by atoms with E-state index in [-0.39, 0.29) is 11.5 Å². The van der Waals surface area contributed by atoms with Crippen molar-refractivity contribution in [3.63, 3.8) is 0 Å². The summed E-state index contributed by atoms with van der Waals surface area (Å²) < 4.78 is 0. The van der Waals surface area contributed by atoms with Crippen LogP contribution >= 0.6 is 11.6 Å². The van der Waals surface area contributed by atoms with Gasteiger partial charge in [0.2, 0.25) is 5.91 Å². The number of hydrogen-bond acceptors (Lipinski definition) is 2. The monoisotopic (exact) mass is 269 g/mol. The molecule has 0 heterocycles. The molecule has 0 fully saturated rings. The number of nitrogens with one attached hydrogen (secondary N) is 1. The fourth-order valence-corrected chi connectivity index (χ4v) is 1.55. The van der Waals surface area contributed by atoms with Crippen molar-refractivity contribution in [1.29, 1.82) is 0 Å². The molecule has 98 valence electrons. The van der Waals surface area contributed by atoms with Gasteiger partial charge in [-0.25, -0.2) is 4.79 Å². The van der Waals surface area contributed by atoms with Gasteiger partial charge in [0, 0.05) is 6.42 Å². The Morgan fingerprint density at radius 2 is 2.06 bits per heavy atom. The van der Waals surface area contributed by atoms with Gasteiger partial charge in [-0.05, 0) is 30.5 Å². The van der Waals surface area contributed by atoms with Crippen LogP contribution in [0, 0.1) is 5.92 Å². The lowest BCUT2D eigenvalue weighted by atomic mass is 10.1. The van der Waals surface area contributed by atoms with Crippen molar-refractivity contribution in [2.45, 2.75) is 26.7 Å². The van der Waals surface area contributed by atoms with Crippen LogP contribution in [0.3, 0.4) is 0 Å². The summed E-state index contributed by atoms with van der Waals surface area (Å²) in [6, 6.07) is 4.22. The molecule has 18 heavy (non-hydrogen) atoms. The number of carbonyl (C=O) groups is 2. The van der Waals surface area contributed by atoms with Crippen molar-refractivity contribution in [1.82, 2.24) is 0 Å². The molecule has 5 heteroatoms. The van der Waals surface area contributed by atoms with Crippen molar-refractivity contribution in [2.24, 2.45) is 5.92 Å². The topological polar surface area (TPSA) is 66.4 Å². The molecule has 0 atom stereocenters. The van der Waals surface area contributed by atoms with E-state index in [0.29, 0.717) is 23.0 Å².